The second kappa shape index (κ2) is 5.29. The van der Waals surface area contributed by atoms with E-state index in [-0.39, 0.29) is 6.54 Å². The van der Waals surface area contributed by atoms with Gasteiger partial charge in [-0.2, -0.15) is 13.2 Å². The number of rotatable bonds is 4. The van der Waals surface area contributed by atoms with Crippen molar-refractivity contribution in [3.8, 4) is 0 Å². The summed E-state index contributed by atoms with van der Waals surface area (Å²) in [5.74, 6) is -1.36. The van der Waals surface area contributed by atoms with Gasteiger partial charge in [-0.05, 0) is 0 Å². The summed E-state index contributed by atoms with van der Waals surface area (Å²) in [6.07, 6.45) is -4.46. The highest BCUT2D eigenvalue weighted by atomic mass is 35.5. The Balaban J connectivity index is 4.17. The summed E-state index contributed by atoms with van der Waals surface area (Å²) < 4.78 is 35.4. The maximum atomic E-state index is 11.8. The Kier molecular flexibility index (Phi) is 5.09. The lowest BCUT2D eigenvalue weighted by Gasteiger charge is -2.21. The summed E-state index contributed by atoms with van der Waals surface area (Å²) >= 11 is 5.07. The van der Waals surface area contributed by atoms with E-state index in [1.807, 2.05) is 0 Å². The van der Waals surface area contributed by atoms with Crippen LogP contribution in [-0.4, -0.2) is 47.7 Å². The van der Waals surface area contributed by atoms with Gasteiger partial charge in [0.1, 0.15) is 12.4 Å². The molecule has 0 aliphatic heterocycles. The van der Waals surface area contributed by atoms with E-state index < -0.39 is 31.1 Å². The van der Waals surface area contributed by atoms with Crippen molar-refractivity contribution in [2.24, 2.45) is 0 Å². The molecule has 0 heterocycles. The first-order valence-corrected chi connectivity index (χ1v) is 3.95. The van der Waals surface area contributed by atoms with E-state index >= 15 is 0 Å². The molecule has 0 unspecified atom stereocenters. The van der Waals surface area contributed by atoms with Gasteiger partial charge in [0.15, 0.2) is 0 Å². The molecule has 0 aromatic heterocycles. The van der Waals surface area contributed by atoms with E-state index in [0.29, 0.717) is 4.90 Å². The first kappa shape index (κ1) is 12.5. The number of aliphatic hydroxyl groups is 1. The average Bonchev–Trinajstić information content (AvgIpc) is 2.00. The van der Waals surface area contributed by atoms with Gasteiger partial charge in [0, 0.05) is 6.54 Å². The molecule has 0 aromatic rings. The molecule has 13 heavy (non-hydrogen) atoms. The highest BCUT2D eigenvalue weighted by Gasteiger charge is 2.32. The van der Waals surface area contributed by atoms with Gasteiger partial charge < -0.3 is 10.0 Å². The van der Waals surface area contributed by atoms with Crippen molar-refractivity contribution in [2.75, 3.05) is 25.6 Å². The SMILES string of the molecule is O=C(CCl)N(CCO)CC(F)(F)F. The van der Waals surface area contributed by atoms with Gasteiger partial charge in [-0.1, -0.05) is 0 Å². The number of alkyl halides is 4. The summed E-state index contributed by atoms with van der Waals surface area (Å²) in [7, 11) is 0. The third kappa shape index (κ3) is 5.70. The van der Waals surface area contributed by atoms with Gasteiger partial charge >= 0.3 is 6.18 Å². The van der Waals surface area contributed by atoms with Crippen molar-refractivity contribution < 1.29 is 23.1 Å². The van der Waals surface area contributed by atoms with Gasteiger partial charge in [-0.3, -0.25) is 4.79 Å². The van der Waals surface area contributed by atoms with Crippen LogP contribution in [0.25, 0.3) is 0 Å². The molecule has 0 rings (SSSR count). The van der Waals surface area contributed by atoms with Crippen LogP contribution in [0.15, 0.2) is 0 Å². The van der Waals surface area contributed by atoms with Crippen molar-refractivity contribution in [2.45, 2.75) is 6.18 Å². The van der Waals surface area contributed by atoms with Gasteiger partial charge in [-0.25, -0.2) is 0 Å². The fraction of sp³-hybridized carbons (Fsp3) is 0.833. The van der Waals surface area contributed by atoms with E-state index in [1.165, 1.54) is 0 Å². The fourth-order valence-electron chi connectivity index (χ4n) is 0.714. The maximum absolute atomic E-state index is 11.8. The molecule has 78 valence electrons. The number of amides is 1. The lowest BCUT2D eigenvalue weighted by Crippen LogP contribution is -2.41. The van der Waals surface area contributed by atoms with Crippen LogP contribution in [0, 0.1) is 0 Å². The van der Waals surface area contributed by atoms with E-state index in [0.717, 1.165) is 0 Å². The van der Waals surface area contributed by atoms with Gasteiger partial charge in [-0.15, -0.1) is 11.6 Å². The minimum absolute atomic E-state index is 0.356. The molecule has 0 aromatic carbocycles. The minimum atomic E-state index is -4.46. The topological polar surface area (TPSA) is 40.5 Å². The largest absolute Gasteiger partial charge is 0.406 e. The summed E-state index contributed by atoms with van der Waals surface area (Å²) in [5.41, 5.74) is 0. The predicted octanol–water partition coefficient (Wildman–Crippen LogP) is 0.608. The van der Waals surface area contributed by atoms with Crippen LogP contribution in [-0.2, 0) is 4.79 Å². The number of hydrogen-bond acceptors (Lipinski definition) is 2. The molecule has 0 saturated heterocycles. The van der Waals surface area contributed by atoms with Crippen molar-refractivity contribution in [3.63, 3.8) is 0 Å². The van der Waals surface area contributed by atoms with Crippen molar-refractivity contribution in [1.82, 2.24) is 4.90 Å². The molecular formula is C6H9ClF3NO2. The molecular weight excluding hydrogens is 211 g/mol. The molecule has 0 aliphatic rings. The highest BCUT2D eigenvalue weighted by molar-refractivity contribution is 6.27. The summed E-state index contributed by atoms with van der Waals surface area (Å²) in [4.78, 5) is 11.2. The normalized spacial score (nSPS) is 11.5. The Morgan fingerprint density at radius 3 is 2.31 bits per heavy atom. The van der Waals surface area contributed by atoms with Gasteiger partial charge in [0.25, 0.3) is 0 Å². The number of carbonyl (C=O) groups excluding carboxylic acids is 1. The minimum Gasteiger partial charge on any atom is -0.395 e. The maximum Gasteiger partial charge on any atom is 0.406 e. The van der Waals surface area contributed by atoms with Gasteiger partial charge in [0.2, 0.25) is 5.91 Å². The standard InChI is InChI=1S/C6H9ClF3NO2/c7-3-5(13)11(1-2-12)4-6(8,9)10/h12H,1-4H2. The van der Waals surface area contributed by atoms with Crippen LogP contribution in [0.5, 0.6) is 0 Å². The average molecular weight is 220 g/mol. The Morgan fingerprint density at radius 1 is 1.46 bits per heavy atom. The first-order valence-electron chi connectivity index (χ1n) is 3.42. The quantitative estimate of drug-likeness (QED) is 0.704. The van der Waals surface area contributed by atoms with E-state index in [2.05, 4.69) is 0 Å². The van der Waals surface area contributed by atoms with E-state index in [9.17, 15) is 18.0 Å². The van der Waals surface area contributed by atoms with Crippen LogP contribution in [0.2, 0.25) is 0 Å². The lowest BCUT2D eigenvalue weighted by atomic mass is 10.4. The van der Waals surface area contributed by atoms with Crippen molar-refractivity contribution in [1.29, 1.82) is 0 Å². The third-order valence-corrected chi connectivity index (χ3v) is 1.44. The smallest absolute Gasteiger partial charge is 0.395 e. The predicted molar refractivity (Wildman–Crippen MR) is 40.4 cm³/mol. The molecule has 7 heteroatoms. The van der Waals surface area contributed by atoms with Crippen LogP contribution < -0.4 is 0 Å². The molecule has 0 atom stereocenters. The summed E-state index contributed by atoms with van der Waals surface area (Å²) in [5, 5.41) is 8.37. The zero-order valence-corrected chi connectivity index (χ0v) is 7.40. The van der Waals surface area contributed by atoms with Crippen LogP contribution in [0.1, 0.15) is 0 Å². The zero-order chi connectivity index (χ0) is 10.5. The molecule has 0 radical (unpaired) electrons. The summed E-state index contributed by atoms with van der Waals surface area (Å²) in [6.45, 7) is -2.25. The molecule has 0 aliphatic carbocycles. The number of carbonyl (C=O) groups is 1. The van der Waals surface area contributed by atoms with Crippen molar-refractivity contribution in [3.05, 3.63) is 0 Å². The van der Waals surface area contributed by atoms with Crippen molar-refractivity contribution >= 4 is 17.5 Å². The zero-order valence-electron chi connectivity index (χ0n) is 6.64. The number of nitrogens with zero attached hydrogens (tertiary/aromatic N) is 1. The first-order chi connectivity index (χ1) is 5.90. The molecule has 0 fully saturated rings. The number of aliphatic hydroxyl groups excluding tert-OH is 1. The van der Waals surface area contributed by atoms with E-state index in [4.69, 9.17) is 16.7 Å². The Hall–Kier alpha value is -0.490. The number of halogens is 4. The second-order valence-electron chi connectivity index (χ2n) is 2.29. The van der Waals surface area contributed by atoms with Crippen LogP contribution >= 0.6 is 11.6 Å². The highest BCUT2D eigenvalue weighted by Crippen LogP contribution is 2.16. The Labute approximate surface area is 78.1 Å². The summed E-state index contributed by atoms with van der Waals surface area (Å²) in [6, 6.07) is 0. The van der Waals surface area contributed by atoms with Crippen LogP contribution in [0.4, 0.5) is 13.2 Å². The molecule has 3 nitrogen and oxygen atoms in total. The van der Waals surface area contributed by atoms with Crippen LogP contribution in [0.3, 0.4) is 0 Å². The third-order valence-electron chi connectivity index (χ3n) is 1.21. The lowest BCUT2D eigenvalue weighted by molar-refractivity contribution is -0.160. The monoisotopic (exact) mass is 219 g/mol. The van der Waals surface area contributed by atoms with Gasteiger partial charge in [0.05, 0.1) is 6.61 Å². The Bertz CT molecular complexity index is 174. The second-order valence-corrected chi connectivity index (χ2v) is 2.55. The number of hydrogen-bond donors (Lipinski definition) is 1. The Morgan fingerprint density at radius 2 is 2.00 bits per heavy atom. The molecule has 1 amide bonds. The molecule has 0 saturated carbocycles. The van der Waals surface area contributed by atoms with E-state index in [1.54, 1.807) is 0 Å². The molecule has 0 bridgehead atoms. The molecule has 1 N–H and O–H groups in total. The molecule has 0 spiro atoms. The fourth-order valence-corrected chi connectivity index (χ4v) is 0.883.